The standard InChI is InChI=1S/C21H27N9O3/c1-3-32-16-6-4-15(5-7-16)12-23-25-21(31)18-17(13-29-10-8-14(2)9-11-29)30(28-24-18)20-19(22)26-33-27-20/h4-7,12,14H,3,8-11,13H2,1-2H3,(H2,22,26)(H,25,31). The topological polar surface area (TPSA) is 150 Å². The van der Waals surface area contributed by atoms with Crippen LogP contribution in [0, 0.1) is 5.92 Å². The molecule has 0 aliphatic carbocycles. The fourth-order valence-electron chi connectivity index (χ4n) is 3.59. The lowest BCUT2D eigenvalue weighted by Crippen LogP contribution is -2.34. The Morgan fingerprint density at radius 2 is 2.06 bits per heavy atom. The third-order valence-electron chi connectivity index (χ3n) is 5.49. The molecule has 0 unspecified atom stereocenters. The van der Waals surface area contributed by atoms with Crippen molar-refractivity contribution in [3.8, 4) is 11.6 Å². The van der Waals surface area contributed by atoms with E-state index in [1.54, 1.807) is 6.21 Å². The Morgan fingerprint density at radius 3 is 2.73 bits per heavy atom. The number of rotatable bonds is 8. The number of aromatic nitrogens is 5. The summed E-state index contributed by atoms with van der Waals surface area (Å²) in [5.41, 5.74) is 9.86. The number of amides is 1. The second-order valence-corrected chi connectivity index (χ2v) is 7.93. The van der Waals surface area contributed by atoms with Crippen LogP contribution in [0.1, 0.15) is 48.4 Å². The van der Waals surface area contributed by atoms with Gasteiger partial charge in [-0.2, -0.15) is 9.78 Å². The second-order valence-electron chi connectivity index (χ2n) is 7.93. The van der Waals surface area contributed by atoms with Gasteiger partial charge in [0, 0.05) is 6.54 Å². The second kappa shape index (κ2) is 10.2. The zero-order valence-corrected chi connectivity index (χ0v) is 18.6. The molecule has 3 heterocycles. The van der Waals surface area contributed by atoms with Crippen LogP contribution in [-0.2, 0) is 6.54 Å². The van der Waals surface area contributed by atoms with Gasteiger partial charge >= 0.3 is 0 Å². The van der Waals surface area contributed by atoms with E-state index in [2.05, 4.69) is 43.0 Å². The molecule has 3 N–H and O–H groups in total. The van der Waals surface area contributed by atoms with Crippen molar-refractivity contribution in [2.24, 2.45) is 11.0 Å². The highest BCUT2D eigenvalue weighted by molar-refractivity contribution is 5.94. The van der Waals surface area contributed by atoms with Crippen LogP contribution in [0.25, 0.3) is 5.82 Å². The molecule has 2 aromatic heterocycles. The van der Waals surface area contributed by atoms with Crippen LogP contribution in [0.15, 0.2) is 34.0 Å². The molecule has 1 fully saturated rings. The molecule has 12 nitrogen and oxygen atoms in total. The minimum absolute atomic E-state index is 0.0638. The maximum Gasteiger partial charge on any atom is 0.293 e. The predicted molar refractivity (Wildman–Crippen MR) is 120 cm³/mol. The predicted octanol–water partition coefficient (Wildman–Crippen LogP) is 1.63. The van der Waals surface area contributed by atoms with Crippen LogP contribution in [0.5, 0.6) is 5.75 Å². The Morgan fingerprint density at radius 1 is 1.30 bits per heavy atom. The zero-order valence-electron chi connectivity index (χ0n) is 18.6. The molecule has 0 saturated carbocycles. The number of nitrogens with one attached hydrogen (secondary N) is 1. The van der Waals surface area contributed by atoms with Gasteiger partial charge < -0.3 is 10.5 Å². The van der Waals surface area contributed by atoms with Crippen LogP contribution in [0.3, 0.4) is 0 Å². The van der Waals surface area contributed by atoms with Gasteiger partial charge in [-0.15, -0.1) is 5.10 Å². The van der Waals surface area contributed by atoms with E-state index in [1.807, 2.05) is 31.2 Å². The molecule has 0 radical (unpaired) electrons. The van der Waals surface area contributed by atoms with Crippen molar-refractivity contribution in [1.82, 2.24) is 35.6 Å². The summed E-state index contributed by atoms with van der Waals surface area (Å²) >= 11 is 0. The third-order valence-corrected chi connectivity index (χ3v) is 5.49. The highest BCUT2D eigenvalue weighted by Crippen LogP contribution is 2.21. The molecule has 174 valence electrons. The van der Waals surface area contributed by atoms with Crippen molar-refractivity contribution in [3.05, 3.63) is 41.2 Å². The summed E-state index contributed by atoms with van der Waals surface area (Å²) in [6, 6.07) is 7.37. The maximum atomic E-state index is 12.9. The van der Waals surface area contributed by atoms with E-state index < -0.39 is 5.91 Å². The molecule has 1 amide bonds. The number of carbonyl (C=O) groups excluding carboxylic acids is 1. The number of likely N-dealkylation sites (tertiary alicyclic amines) is 1. The van der Waals surface area contributed by atoms with Crippen molar-refractivity contribution in [3.63, 3.8) is 0 Å². The fourth-order valence-corrected chi connectivity index (χ4v) is 3.59. The highest BCUT2D eigenvalue weighted by atomic mass is 16.6. The third kappa shape index (κ3) is 5.34. The highest BCUT2D eigenvalue weighted by Gasteiger charge is 2.26. The van der Waals surface area contributed by atoms with E-state index in [0.29, 0.717) is 24.8 Å². The SMILES string of the molecule is CCOc1ccc(C=NNC(=O)c2nnn(-c3nonc3N)c2CN2CCC(C)CC2)cc1. The lowest BCUT2D eigenvalue weighted by molar-refractivity contribution is 0.0947. The molecule has 1 aromatic carbocycles. The number of benzene rings is 1. The largest absolute Gasteiger partial charge is 0.494 e. The summed E-state index contributed by atoms with van der Waals surface area (Å²) < 4.78 is 11.5. The average molecular weight is 454 g/mol. The molecule has 12 heteroatoms. The average Bonchev–Trinajstić information content (AvgIpc) is 3.42. The molecule has 0 atom stereocenters. The van der Waals surface area contributed by atoms with Gasteiger partial charge in [0.15, 0.2) is 5.69 Å². The number of piperidine rings is 1. The number of nitrogens with two attached hydrogens (primary N) is 1. The number of hydrazone groups is 1. The Labute approximate surface area is 190 Å². The number of nitrogen functional groups attached to an aromatic ring is 1. The number of anilines is 1. The van der Waals surface area contributed by atoms with E-state index in [9.17, 15) is 4.79 Å². The van der Waals surface area contributed by atoms with Crippen molar-refractivity contribution in [2.75, 3.05) is 25.4 Å². The molecule has 1 aliphatic rings. The van der Waals surface area contributed by atoms with E-state index in [0.717, 1.165) is 37.2 Å². The first-order valence-corrected chi connectivity index (χ1v) is 10.9. The number of ether oxygens (including phenoxy) is 1. The van der Waals surface area contributed by atoms with Crippen molar-refractivity contribution in [2.45, 2.75) is 33.2 Å². The van der Waals surface area contributed by atoms with Crippen LogP contribution in [0.4, 0.5) is 5.82 Å². The van der Waals surface area contributed by atoms with Crippen LogP contribution < -0.4 is 15.9 Å². The van der Waals surface area contributed by atoms with Crippen LogP contribution in [0.2, 0.25) is 0 Å². The number of nitrogens with zero attached hydrogens (tertiary/aromatic N) is 7. The summed E-state index contributed by atoms with van der Waals surface area (Å²) in [6.45, 7) is 7.04. The van der Waals surface area contributed by atoms with E-state index >= 15 is 0 Å². The minimum Gasteiger partial charge on any atom is -0.494 e. The summed E-state index contributed by atoms with van der Waals surface area (Å²) in [7, 11) is 0. The van der Waals surface area contributed by atoms with Crippen LogP contribution in [-0.4, -0.2) is 62.0 Å². The quantitative estimate of drug-likeness (QED) is 0.383. The van der Waals surface area contributed by atoms with Gasteiger partial charge in [-0.25, -0.2) is 10.1 Å². The lowest BCUT2D eigenvalue weighted by Gasteiger charge is -2.30. The minimum atomic E-state index is -0.487. The normalized spacial score (nSPS) is 15.2. The van der Waals surface area contributed by atoms with Crippen molar-refractivity contribution < 1.29 is 14.2 Å². The molecule has 3 aromatic rings. The summed E-state index contributed by atoms with van der Waals surface area (Å²) in [6.07, 6.45) is 3.72. The summed E-state index contributed by atoms with van der Waals surface area (Å²) in [4.78, 5) is 15.1. The smallest absolute Gasteiger partial charge is 0.293 e. The molecular weight excluding hydrogens is 426 g/mol. The molecule has 1 saturated heterocycles. The Hall–Kier alpha value is -3.80. The molecular formula is C21H27N9O3. The first-order valence-electron chi connectivity index (χ1n) is 10.9. The van der Waals surface area contributed by atoms with E-state index in [4.69, 9.17) is 15.1 Å². The number of carbonyl (C=O) groups is 1. The van der Waals surface area contributed by atoms with Crippen LogP contribution >= 0.6 is 0 Å². The van der Waals surface area contributed by atoms with Gasteiger partial charge in [-0.3, -0.25) is 9.69 Å². The monoisotopic (exact) mass is 453 g/mol. The van der Waals surface area contributed by atoms with Gasteiger partial charge in [0.05, 0.1) is 18.5 Å². The maximum absolute atomic E-state index is 12.9. The fraction of sp³-hybridized carbons (Fsp3) is 0.429. The van der Waals surface area contributed by atoms with E-state index in [-0.39, 0.29) is 17.3 Å². The first-order chi connectivity index (χ1) is 16.0. The lowest BCUT2D eigenvalue weighted by atomic mass is 9.99. The molecule has 1 aliphatic heterocycles. The van der Waals surface area contributed by atoms with Gasteiger partial charge in [-0.05, 0) is 78.9 Å². The number of hydrogen-bond donors (Lipinski definition) is 2. The summed E-state index contributed by atoms with van der Waals surface area (Å²) in [5.74, 6) is 1.22. The van der Waals surface area contributed by atoms with Gasteiger partial charge in [0.1, 0.15) is 5.75 Å². The van der Waals surface area contributed by atoms with E-state index in [1.165, 1.54) is 4.68 Å². The van der Waals surface area contributed by atoms with Crippen molar-refractivity contribution in [1.29, 1.82) is 0 Å². The Kier molecular flexibility index (Phi) is 6.93. The molecule has 0 bridgehead atoms. The molecule has 0 spiro atoms. The van der Waals surface area contributed by atoms with Gasteiger partial charge in [-0.1, -0.05) is 12.1 Å². The number of hydrogen-bond acceptors (Lipinski definition) is 10. The van der Waals surface area contributed by atoms with Gasteiger partial charge in [0.2, 0.25) is 11.6 Å². The Balaban J connectivity index is 1.51. The molecule has 4 rings (SSSR count). The van der Waals surface area contributed by atoms with Crippen molar-refractivity contribution >= 4 is 17.9 Å². The molecule has 33 heavy (non-hydrogen) atoms. The first kappa shape index (κ1) is 22.4. The summed E-state index contributed by atoms with van der Waals surface area (Å²) in [5, 5.41) is 19.6. The van der Waals surface area contributed by atoms with Gasteiger partial charge in [0.25, 0.3) is 5.91 Å². The zero-order chi connectivity index (χ0) is 23.2. The Bertz CT molecular complexity index is 1100.